The third kappa shape index (κ3) is 2.30. The van der Waals surface area contributed by atoms with Crippen LogP contribution in [0, 0.1) is 0 Å². The van der Waals surface area contributed by atoms with Crippen LogP contribution in [0.15, 0.2) is 18.3 Å². The van der Waals surface area contributed by atoms with Crippen molar-refractivity contribution in [1.29, 1.82) is 0 Å². The molecule has 1 aliphatic carbocycles. The van der Waals surface area contributed by atoms with Gasteiger partial charge in [-0.15, -0.1) is 0 Å². The maximum absolute atomic E-state index is 11.3. The van der Waals surface area contributed by atoms with Crippen LogP contribution in [0.1, 0.15) is 36.0 Å². The monoisotopic (exact) mass is 262 g/mol. The van der Waals surface area contributed by atoms with E-state index in [0.29, 0.717) is 12.4 Å². The number of fused-ring (bicyclic) bond motifs is 1. The minimum atomic E-state index is -0.915. The summed E-state index contributed by atoms with van der Waals surface area (Å²) < 4.78 is 5.82. The number of pyridine rings is 1. The van der Waals surface area contributed by atoms with Crippen molar-refractivity contribution >= 4 is 11.8 Å². The molecule has 1 saturated heterocycles. The van der Waals surface area contributed by atoms with Crippen molar-refractivity contribution in [1.82, 2.24) is 4.98 Å². The molecule has 1 aromatic heterocycles. The van der Waals surface area contributed by atoms with E-state index in [2.05, 4.69) is 9.88 Å². The van der Waals surface area contributed by atoms with Crippen molar-refractivity contribution in [2.45, 2.75) is 37.8 Å². The third-order valence-electron chi connectivity index (χ3n) is 4.02. The summed E-state index contributed by atoms with van der Waals surface area (Å²) in [6, 6.07) is 3.57. The zero-order valence-electron chi connectivity index (χ0n) is 10.8. The largest absolute Gasteiger partial charge is 0.478 e. The lowest BCUT2D eigenvalue weighted by Crippen LogP contribution is -2.53. The molecule has 1 aliphatic heterocycles. The molecule has 1 N–H and O–H groups in total. The van der Waals surface area contributed by atoms with Gasteiger partial charge in [-0.05, 0) is 25.0 Å². The minimum Gasteiger partial charge on any atom is -0.478 e. The number of carbonyl (C=O) groups is 1. The van der Waals surface area contributed by atoms with Gasteiger partial charge in [-0.3, -0.25) is 0 Å². The highest BCUT2D eigenvalue weighted by Crippen LogP contribution is 2.32. The van der Waals surface area contributed by atoms with Gasteiger partial charge in [0.15, 0.2) is 0 Å². The van der Waals surface area contributed by atoms with Crippen LogP contribution in [0.5, 0.6) is 0 Å². The smallest absolute Gasteiger partial charge is 0.339 e. The molecule has 1 aromatic rings. The summed E-state index contributed by atoms with van der Waals surface area (Å²) in [5.74, 6) is -0.322. The quantitative estimate of drug-likeness (QED) is 0.882. The fourth-order valence-corrected chi connectivity index (χ4v) is 3.15. The number of hydrogen-bond donors (Lipinski definition) is 1. The molecule has 5 nitrogen and oxygen atoms in total. The second-order valence-corrected chi connectivity index (χ2v) is 5.13. The highest BCUT2D eigenvalue weighted by atomic mass is 16.5. The predicted octanol–water partition coefficient (Wildman–Crippen LogP) is 1.93. The number of morpholine rings is 1. The first-order valence-corrected chi connectivity index (χ1v) is 6.84. The standard InChI is InChI=1S/C14H18N2O3/c17-14(18)10-4-3-7-15-13(10)16-8-9-19-12-6-2-1-5-11(12)16/h3-4,7,11-12H,1-2,5-6,8-9H2,(H,17,18). The second-order valence-electron chi connectivity index (χ2n) is 5.13. The lowest BCUT2D eigenvalue weighted by Gasteiger charge is -2.44. The van der Waals surface area contributed by atoms with Gasteiger partial charge in [0.05, 0.1) is 18.8 Å². The summed E-state index contributed by atoms with van der Waals surface area (Å²) in [4.78, 5) is 17.8. The number of ether oxygens (including phenoxy) is 1. The van der Waals surface area contributed by atoms with Gasteiger partial charge in [-0.1, -0.05) is 12.8 Å². The van der Waals surface area contributed by atoms with Crippen molar-refractivity contribution in [3.63, 3.8) is 0 Å². The molecule has 0 bridgehead atoms. The van der Waals surface area contributed by atoms with E-state index in [1.165, 1.54) is 12.8 Å². The number of nitrogens with zero attached hydrogens (tertiary/aromatic N) is 2. The Morgan fingerprint density at radius 2 is 2.26 bits per heavy atom. The first kappa shape index (κ1) is 12.4. The van der Waals surface area contributed by atoms with Crippen molar-refractivity contribution in [3.8, 4) is 0 Å². The fourth-order valence-electron chi connectivity index (χ4n) is 3.15. The zero-order chi connectivity index (χ0) is 13.2. The molecule has 1 saturated carbocycles. The van der Waals surface area contributed by atoms with Crippen molar-refractivity contribution in [3.05, 3.63) is 23.9 Å². The number of rotatable bonds is 2. The molecule has 2 unspecified atom stereocenters. The van der Waals surface area contributed by atoms with Crippen LogP contribution < -0.4 is 4.90 Å². The molecule has 2 heterocycles. The van der Waals surface area contributed by atoms with Crippen molar-refractivity contribution in [2.75, 3.05) is 18.1 Å². The van der Waals surface area contributed by atoms with Gasteiger partial charge < -0.3 is 14.7 Å². The van der Waals surface area contributed by atoms with Gasteiger partial charge >= 0.3 is 5.97 Å². The molecule has 2 aliphatic rings. The Labute approximate surface area is 112 Å². The second kappa shape index (κ2) is 5.17. The van der Waals surface area contributed by atoms with Gasteiger partial charge in [0.25, 0.3) is 0 Å². The topological polar surface area (TPSA) is 62.7 Å². The number of carboxylic acid groups (broad SMARTS) is 1. The van der Waals surface area contributed by atoms with Crippen LogP contribution in [0.2, 0.25) is 0 Å². The van der Waals surface area contributed by atoms with Crippen LogP contribution in [0.25, 0.3) is 0 Å². The molecule has 2 fully saturated rings. The van der Waals surface area contributed by atoms with E-state index in [1.807, 2.05) is 0 Å². The first-order chi connectivity index (χ1) is 9.27. The molecule has 0 amide bonds. The zero-order valence-corrected chi connectivity index (χ0v) is 10.8. The average Bonchev–Trinajstić information content (AvgIpc) is 2.46. The summed E-state index contributed by atoms with van der Waals surface area (Å²) >= 11 is 0. The van der Waals surface area contributed by atoms with Crippen LogP contribution in [0.3, 0.4) is 0 Å². The molecule has 0 radical (unpaired) electrons. The highest BCUT2D eigenvalue weighted by molar-refractivity contribution is 5.93. The van der Waals surface area contributed by atoms with E-state index in [9.17, 15) is 9.90 Å². The molecular weight excluding hydrogens is 244 g/mol. The van der Waals surface area contributed by atoms with E-state index in [4.69, 9.17) is 4.74 Å². The molecule has 3 rings (SSSR count). The molecule has 102 valence electrons. The average molecular weight is 262 g/mol. The minimum absolute atomic E-state index is 0.228. The number of carboxylic acids is 1. The summed E-state index contributed by atoms with van der Waals surface area (Å²) in [6.07, 6.45) is 6.39. The Bertz CT molecular complexity index is 476. The van der Waals surface area contributed by atoms with Crippen LogP contribution in [-0.2, 0) is 4.74 Å². The van der Waals surface area contributed by atoms with Gasteiger partial charge in [0.1, 0.15) is 11.4 Å². The van der Waals surface area contributed by atoms with Crippen LogP contribution >= 0.6 is 0 Å². The molecule has 0 spiro atoms. The Kier molecular flexibility index (Phi) is 3.38. The Morgan fingerprint density at radius 1 is 1.42 bits per heavy atom. The Hall–Kier alpha value is -1.62. The number of aromatic carboxylic acids is 1. The molecule has 5 heteroatoms. The van der Waals surface area contributed by atoms with E-state index in [-0.39, 0.29) is 17.7 Å². The summed E-state index contributed by atoms with van der Waals surface area (Å²) in [7, 11) is 0. The first-order valence-electron chi connectivity index (χ1n) is 6.84. The van der Waals surface area contributed by atoms with E-state index >= 15 is 0 Å². The van der Waals surface area contributed by atoms with E-state index in [1.54, 1.807) is 18.3 Å². The van der Waals surface area contributed by atoms with Gasteiger partial charge in [0.2, 0.25) is 0 Å². The summed E-state index contributed by atoms with van der Waals surface area (Å²) in [6.45, 7) is 1.37. The highest BCUT2D eigenvalue weighted by Gasteiger charge is 2.36. The Morgan fingerprint density at radius 3 is 3.11 bits per heavy atom. The maximum atomic E-state index is 11.3. The van der Waals surface area contributed by atoms with Gasteiger partial charge in [0, 0.05) is 12.7 Å². The predicted molar refractivity (Wildman–Crippen MR) is 70.5 cm³/mol. The van der Waals surface area contributed by atoms with Gasteiger partial charge in [-0.2, -0.15) is 0 Å². The molecule has 2 atom stereocenters. The third-order valence-corrected chi connectivity index (χ3v) is 4.02. The maximum Gasteiger partial charge on any atom is 0.339 e. The normalized spacial score (nSPS) is 26.8. The lowest BCUT2D eigenvalue weighted by molar-refractivity contribution is -0.00909. The van der Waals surface area contributed by atoms with Gasteiger partial charge in [-0.25, -0.2) is 9.78 Å². The lowest BCUT2D eigenvalue weighted by atomic mass is 9.90. The summed E-state index contributed by atoms with van der Waals surface area (Å²) in [5, 5.41) is 9.29. The van der Waals surface area contributed by atoms with E-state index < -0.39 is 5.97 Å². The molecule has 19 heavy (non-hydrogen) atoms. The van der Waals surface area contributed by atoms with E-state index in [0.717, 1.165) is 19.4 Å². The van der Waals surface area contributed by atoms with Crippen molar-refractivity contribution < 1.29 is 14.6 Å². The Balaban J connectivity index is 1.94. The number of hydrogen-bond acceptors (Lipinski definition) is 4. The molecular formula is C14H18N2O3. The number of anilines is 1. The summed E-state index contributed by atoms with van der Waals surface area (Å²) in [5.41, 5.74) is 0.286. The van der Waals surface area contributed by atoms with Crippen molar-refractivity contribution in [2.24, 2.45) is 0 Å². The molecule has 0 aromatic carbocycles. The van der Waals surface area contributed by atoms with Crippen LogP contribution in [-0.4, -0.2) is 41.4 Å². The fraction of sp³-hybridized carbons (Fsp3) is 0.571. The van der Waals surface area contributed by atoms with Crippen LogP contribution in [0.4, 0.5) is 5.82 Å². The SMILES string of the molecule is O=C(O)c1cccnc1N1CCOC2CCCCC21. The number of aromatic nitrogens is 1.